The fourth-order valence-corrected chi connectivity index (χ4v) is 3.29. The van der Waals surface area contributed by atoms with Crippen LogP contribution in [-0.4, -0.2) is 16.6 Å². The molecule has 0 fully saturated rings. The predicted molar refractivity (Wildman–Crippen MR) is 92.9 cm³/mol. The first-order valence-corrected chi connectivity index (χ1v) is 8.33. The Labute approximate surface area is 150 Å². The molecule has 0 spiro atoms. The van der Waals surface area contributed by atoms with E-state index in [9.17, 15) is 22.4 Å². The van der Waals surface area contributed by atoms with E-state index in [1.807, 2.05) is 0 Å². The van der Waals surface area contributed by atoms with Crippen LogP contribution in [0.2, 0.25) is 0 Å². The summed E-state index contributed by atoms with van der Waals surface area (Å²) in [5.41, 5.74) is -1.30. The van der Waals surface area contributed by atoms with E-state index < -0.39 is 17.3 Å². The number of hydrogen-bond donors (Lipinski definition) is 1. The molecule has 1 aliphatic rings. The van der Waals surface area contributed by atoms with Gasteiger partial charge in [-0.2, -0.15) is 13.2 Å². The molecule has 2 aromatic carbocycles. The number of carbonyl (C=O) groups is 1. The molecule has 1 N–H and O–H groups in total. The summed E-state index contributed by atoms with van der Waals surface area (Å²) in [7, 11) is 0. The van der Waals surface area contributed by atoms with E-state index in [0.717, 1.165) is 0 Å². The average molecular weight is 380 g/mol. The van der Waals surface area contributed by atoms with Crippen molar-refractivity contribution in [2.24, 2.45) is 0 Å². The normalized spacial score (nSPS) is 15.1. The molecular weight excluding hydrogens is 368 g/mol. The van der Waals surface area contributed by atoms with Crippen LogP contribution in [-0.2, 0) is 4.79 Å². The average Bonchev–Trinajstić information content (AvgIpc) is 2.84. The van der Waals surface area contributed by atoms with Crippen LogP contribution in [0.4, 0.5) is 17.6 Å². The highest BCUT2D eigenvalue weighted by Crippen LogP contribution is 2.39. The van der Waals surface area contributed by atoms with Crippen LogP contribution in [0.25, 0.3) is 17.2 Å². The summed E-state index contributed by atoms with van der Waals surface area (Å²) < 4.78 is 50.7. The molecular formula is C19H12F4O2S. The molecule has 0 atom stereocenters. The Morgan fingerprint density at radius 1 is 1.08 bits per heavy atom. The fourth-order valence-electron chi connectivity index (χ4n) is 2.75. The van der Waals surface area contributed by atoms with Crippen molar-refractivity contribution in [3.63, 3.8) is 0 Å². The summed E-state index contributed by atoms with van der Waals surface area (Å²) >= 11 is -0.190. The van der Waals surface area contributed by atoms with Gasteiger partial charge in [0.15, 0.2) is 0 Å². The van der Waals surface area contributed by atoms with Gasteiger partial charge < -0.3 is 5.11 Å². The maximum atomic E-state index is 13.5. The predicted octanol–water partition coefficient (Wildman–Crippen LogP) is 5.85. The van der Waals surface area contributed by atoms with Crippen molar-refractivity contribution in [3.05, 3.63) is 71.0 Å². The molecule has 26 heavy (non-hydrogen) atoms. The summed E-state index contributed by atoms with van der Waals surface area (Å²) in [6.07, 6.45) is 3.15. The maximum Gasteiger partial charge on any atom is 0.446 e. The van der Waals surface area contributed by atoms with Gasteiger partial charge in [-0.15, -0.1) is 0 Å². The molecule has 7 heteroatoms. The van der Waals surface area contributed by atoms with E-state index in [0.29, 0.717) is 27.8 Å². The van der Waals surface area contributed by atoms with E-state index in [-0.39, 0.29) is 23.1 Å². The molecule has 0 heterocycles. The van der Waals surface area contributed by atoms with Crippen LogP contribution in [0.5, 0.6) is 0 Å². The summed E-state index contributed by atoms with van der Waals surface area (Å²) in [6, 6.07) is 9.97. The Kier molecular flexibility index (Phi) is 4.91. The van der Waals surface area contributed by atoms with Gasteiger partial charge >= 0.3 is 11.5 Å². The number of carboxylic acid groups (broad SMARTS) is 1. The topological polar surface area (TPSA) is 37.3 Å². The van der Waals surface area contributed by atoms with Crippen LogP contribution in [0.15, 0.2) is 53.4 Å². The fraction of sp³-hybridized carbons (Fsp3) is 0.105. The SMILES string of the molecule is O=C(O)CC1=C/C(=C\c2ccc(SC(F)(F)F)cc2)c2ccc(F)cc21. The molecule has 0 aliphatic heterocycles. The first-order chi connectivity index (χ1) is 12.2. The third-order valence-electron chi connectivity index (χ3n) is 3.75. The van der Waals surface area contributed by atoms with Gasteiger partial charge in [-0.25, -0.2) is 4.39 Å². The number of aliphatic carboxylic acids is 1. The third-order valence-corrected chi connectivity index (χ3v) is 4.49. The Hall–Kier alpha value is -2.54. The molecule has 1 aliphatic carbocycles. The van der Waals surface area contributed by atoms with E-state index in [1.54, 1.807) is 30.4 Å². The van der Waals surface area contributed by atoms with Crippen molar-refractivity contribution in [3.8, 4) is 0 Å². The highest BCUT2D eigenvalue weighted by atomic mass is 32.2. The van der Waals surface area contributed by atoms with Gasteiger partial charge in [0, 0.05) is 4.90 Å². The molecule has 0 radical (unpaired) electrons. The van der Waals surface area contributed by atoms with Crippen LogP contribution in [0, 0.1) is 5.82 Å². The van der Waals surface area contributed by atoms with Gasteiger partial charge in [0.1, 0.15) is 5.82 Å². The van der Waals surface area contributed by atoms with E-state index in [2.05, 4.69) is 0 Å². The van der Waals surface area contributed by atoms with Crippen LogP contribution < -0.4 is 0 Å². The maximum absolute atomic E-state index is 13.5. The van der Waals surface area contributed by atoms with E-state index in [1.165, 1.54) is 24.3 Å². The quantitative estimate of drug-likeness (QED) is 0.534. The number of carboxylic acids is 1. The van der Waals surface area contributed by atoms with Gasteiger partial charge in [-0.3, -0.25) is 4.79 Å². The molecule has 2 aromatic rings. The van der Waals surface area contributed by atoms with Crippen molar-refractivity contribution in [1.82, 2.24) is 0 Å². The number of alkyl halides is 3. The standard InChI is InChI=1S/C19H12F4O2S/c20-14-3-6-16-12(8-13(9-18(24)25)17(16)10-14)7-11-1-4-15(5-2-11)26-19(21,22)23/h1-8,10H,9H2,(H,24,25)/b12-7+. The van der Waals surface area contributed by atoms with Crippen molar-refractivity contribution < 1.29 is 27.5 Å². The lowest BCUT2D eigenvalue weighted by molar-refractivity contribution is -0.135. The molecule has 0 amide bonds. The number of hydrogen-bond acceptors (Lipinski definition) is 2. The molecule has 0 saturated heterocycles. The second kappa shape index (κ2) is 6.99. The summed E-state index contributed by atoms with van der Waals surface area (Å²) in [4.78, 5) is 11.1. The molecule has 0 aromatic heterocycles. The highest BCUT2D eigenvalue weighted by Gasteiger charge is 2.29. The van der Waals surface area contributed by atoms with Gasteiger partial charge in [-0.1, -0.05) is 18.2 Å². The highest BCUT2D eigenvalue weighted by molar-refractivity contribution is 8.00. The second-order valence-electron chi connectivity index (χ2n) is 5.65. The lowest BCUT2D eigenvalue weighted by Crippen LogP contribution is -1.98. The zero-order chi connectivity index (χ0) is 18.9. The summed E-state index contributed by atoms with van der Waals surface area (Å²) in [5, 5.41) is 9.02. The lowest BCUT2D eigenvalue weighted by Gasteiger charge is -2.06. The molecule has 0 saturated carbocycles. The van der Waals surface area contributed by atoms with Gasteiger partial charge in [0.05, 0.1) is 6.42 Å². The Morgan fingerprint density at radius 2 is 1.77 bits per heavy atom. The number of allylic oxidation sites excluding steroid dienone is 2. The van der Waals surface area contributed by atoms with Crippen molar-refractivity contribution in [1.29, 1.82) is 0 Å². The zero-order valence-corrected chi connectivity index (χ0v) is 14.0. The largest absolute Gasteiger partial charge is 0.481 e. The first-order valence-electron chi connectivity index (χ1n) is 7.51. The smallest absolute Gasteiger partial charge is 0.446 e. The van der Waals surface area contributed by atoms with Gasteiger partial charge in [0.25, 0.3) is 0 Å². The molecule has 2 nitrogen and oxygen atoms in total. The minimum absolute atomic E-state index is 0.0793. The monoisotopic (exact) mass is 380 g/mol. The lowest BCUT2D eigenvalue weighted by atomic mass is 10.0. The van der Waals surface area contributed by atoms with Crippen molar-refractivity contribution >= 4 is 35.0 Å². The van der Waals surface area contributed by atoms with Crippen LogP contribution >= 0.6 is 11.8 Å². The number of rotatable bonds is 4. The van der Waals surface area contributed by atoms with Crippen LogP contribution in [0.3, 0.4) is 0 Å². The Bertz CT molecular complexity index is 912. The van der Waals surface area contributed by atoms with Crippen LogP contribution in [0.1, 0.15) is 23.1 Å². The Balaban J connectivity index is 1.93. The zero-order valence-electron chi connectivity index (χ0n) is 13.2. The Morgan fingerprint density at radius 3 is 2.38 bits per heavy atom. The van der Waals surface area contributed by atoms with E-state index >= 15 is 0 Å². The number of halogens is 4. The molecule has 0 unspecified atom stereocenters. The molecule has 3 rings (SSSR count). The van der Waals surface area contributed by atoms with Gasteiger partial charge in [0.2, 0.25) is 0 Å². The van der Waals surface area contributed by atoms with Crippen molar-refractivity contribution in [2.75, 3.05) is 0 Å². The first kappa shape index (κ1) is 18.3. The van der Waals surface area contributed by atoms with E-state index in [4.69, 9.17) is 5.11 Å². The van der Waals surface area contributed by atoms with Gasteiger partial charge in [-0.05, 0) is 76.0 Å². The number of fused-ring (bicyclic) bond motifs is 1. The minimum Gasteiger partial charge on any atom is -0.481 e. The van der Waals surface area contributed by atoms with Crippen molar-refractivity contribution in [2.45, 2.75) is 16.8 Å². The summed E-state index contributed by atoms with van der Waals surface area (Å²) in [5.74, 6) is -1.49. The number of benzene rings is 2. The number of thioether (sulfide) groups is 1. The minimum atomic E-state index is -4.34. The summed E-state index contributed by atoms with van der Waals surface area (Å²) in [6.45, 7) is 0. The molecule has 134 valence electrons. The second-order valence-corrected chi connectivity index (χ2v) is 6.78. The third kappa shape index (κ3) is 4.35. The molecule has 0 bridgehead atoms.